The lowest BCUT2D eigenvalue weighted by Gasteiger charge is -2.34. The number of nitrogens with one attached hydrogen (secondary N) is 2. The van der Waals surface area contributed by atoms with Crippen LogP contribution in [0.5, 0.6) is 0 Å². The molecule has 2 amide bonds. The second-order valence-electron chi connectivity index (χ2n) is 5.50. The summed E-state index contributed by atoms with van der Waals surface area (Å²) in [6.45, 7) is 4.86. The molecule has 0 saturated carbocycles. The molecule has 128 valence electrons. The Labute approximate surface area is 144 Å². The zero-order valence-corrected chi connectivity index (χ0v) is 14.4. The molecule has 6 heteroatoms. The number of halogens is 1. The Hall–Kier alpha value is -1.59. The molecule has 1 aliphatic heterocycles. The quantitative estimate of drug-likeness (QED) is 0.746. The first kappa shape index (κ1) is 19.5. The normalized spacial score (nSPS) is 15.7. The predicted octanol–water partition coefficient (Wildman–Crippen LogP) is 1.89. The van der Waals surface area contributed by atoms with Crippen molar-refractivity contribution in [3.05, 3.63) is 35.9 Å². The van der Waals surface area contributed by atoms with Gasteiger partial charge in [-0.15, -0.1) is 12.4 Å². The Balaban J connectivity index is 0.00000264. The summed E-state index contributed by atoms with van der Waals surface area (Å²) in [4.78, 5) is 26.6. The van der Waals surface area contributed by atoms with Crippen LogP contribution in [0.25, 0.3) is 0 Å². The molecule has 1 fully saturated rings. The van der Waals surface area contributed by atoms with Crippen molar-refractivity contribution >= 4 is 24.2 Å². The Morgan fingerprint density at radius 2 is 1.96 bits per heavy atom. The van der Waals surface area contributed by atoms with Crippen LogP contribution >= 0.6 is 12.4 Å². The minimum atomic E-state index is -0.518. The van der Waals surface area contributed by atoms with Gasteiger partial charge in [-0.25, -0.2) is 0 Å². The van der Waals surface area contributed by atoms with Crippen LogP contribution in [0.3, 0.4) is 0 Å². The van der Waals surface area contributed by atoms with Crippen molar-refractivity contribution < 1.29 is 9.59 Å². The van der Waals surface area contributed by atoms with Gasteiger partial charge in [0.25, 0.3) is 0 Å². The van der Waals surface area contributed by atoms with Gasteiger partial charge in [0.2, 0.25) is 11.8 Å². The van der Waals surface area contributed by atoms with Gasteiger partial charge in [-0.2, -0.15) is 0 Å². The van der Waals surface area contributed by atoms with Crippen LogP contribution in [0.15, 0.2) is 30.3 Å². The van der Waals surface area contributed by atoms with E-state index in [1.54, 1.807) is 4.90 Å². The number of carbonyl (C=O) groups excluding carboxylic acids is 2. The maximum Gasteiger partial charge on any atom is 0.247 e. The second kappa shape index (κ2) is 10.2. The molecule has 2 rings (SSSR count). The molecule has 1 aliphatic rings. The van der Waals surface area contributed by atoms with Crippen LogP contribution in [-0.4, -0.2) is 42.9 Å². The van der Waals surface area contributed by atoms with E-state index < -0.39 is 6.04 Å². The molecule has 0 radical (unpaired) electrons. The van der Waals surface area contributed by atoms with Crippen LogP contribution in [0.1, 0.15) is 37.8 Å². The smallest absolute Gasteiger partial charge is 0.247 e. The highest BCUT2D eigenvalue weighted by molar-refractivity contribution is 5.89. The minimum absolute atomic E-state index is 0. The zero-order chi connectivity index (χ0) is 15.8. The van der Waals surface area contributed by atoms with Crippen LogP contribution in [0, 0.1) is 0 Å². The Morgan fingerprint density at radius 3 is 2.61 bits per heavy atom. The van der Waals surface area contributed by atoms with Crippen molar-refractivity contribution in [1.29, 1.82) is 0 Å². The van der Waals surface area contributed by atoms with Gasteiger partial charge in [-0.3, -0.25) is 9.59 Å². The van der Waals surface area contributed by atoms with E-state index in [0.29, 0.717) is 19.5 Å². The van der Waals surface area contributed by atoms with E-state index >= 15 is 0 Å². The average molecular weight is 340 g/mol. The number of hydrogen-bond donors (Lipinski definition) is 2. The van der Waals surface area contributed by atoms with E-state index in [9.17, 15) is 9.59 Å². The van der Waals surface area contributed by atoms with Crippen molar-refractivity contribution in [1.82, 2.24) is 15.5 Å². The third-order valence-corrected chi connectivity index (χ3v) is 3.89. The number of piperidine rings is 1. The summed E-state index contributed by atoms with van der Waals surface area (Å²) in [5.74, 6) is -0.0266. The third kappa shape index (κ3) is 5.52. The predicted molar refractivity (Wildman–Crippen MR) is 93.5 cm³/mol. The van der Waals surface area contributed by atoms with Crippen LogP contribution in [0.2, 0.25) is 0 Å². The molecule has 23 heavy (non-hydrogen) atoms. The van der Waals surface area contributed by atoms with Crippen molar-refractivity contribution in [3.8, 4) is 0 Å². The van der Waals surface area contributed by atoms with Gasteiger partial charge >= 0.3 is 0 Å². The van der Waals surface area contributed by atoms with Crippen LogP contribution in [0.4, 0.5) is 0 Å². The molecule has 5 nitrogen and oxygen atoms in total. The maximum absolute atomic E-state index is 12.6. The molecule has 1 saturated heterocycles. The van der Waals surface area contributed by atoms with Crippen LogP contribution in [-0.2, 0) is 9.59 Å². The summed E-state index contributed by atoms with van der Waals surface area (Å²) < 4.78 is 0. The number of likely N-dealkylation sites (tertiary alicyclic amines) is 1. The first-order valence-electron chi connectivity index (χ1n) is 8.07. The lowest BCUT2D eigenvalue weighted by atomic mass is 10.0. The van der Waals surface area contributed by atoms with Gasteiger partial charge in [-0.05, 0) is 24.9 Å². The summed E-state index contributed by atoms with van der Waals surface area (Å²) in [6, 6.07) is 9.04. The van der Waals surface area contributed by atoms with Gasteiger partial charge in [0.15, 0.2) is 0 Å². The molecule has 1 aromatic rings. The largest absolute Gasteiger partial charge is 0.353 e. The van der Waals surface area contributed by atoms with E-state index in [4.69, 9.17) is 0 Å². The lowest BCUT2D eigenvalue weighted by Crippen LogP contribution is -2.46. The van der Waals surface area contributed by atoms with Crippen molar-refractivity contribution in [2.45, 2.75) is 32.2 Å². The summed E-state index contributed by atoms with van der Waals surface area (Å²) in [5, 5.41) is 6.11. The Morgan fingerprint density at radius 1 is 1.22 bits per heavy atom. The summed E-state index contributed by atoms with van der Waals surface area (Å²) >= 11 is 0. The zero-order valence-electron chi connectivity index (χ0n) is 13.6. The standard InChI is InChI=1S/C17H25N3O2.ClH/c1-2-18-11-12-19-17(22)16(14-8-4-3-5-9-14)20-13-7-6-10-15(20)21;/h3-5,8-9,16,18H,2,6-7,10-13H2,1H3,(H,19,22);1H. The van der Waals surface area contributed by atoms with Gasteiger partial charge in [-0.1, -0.05) is 37.3 Å². The minimum Gasteiger partial charge on any atom is -0.353 e. The molecule has 0 aromatic heterocycles. The van der Waals surface area contributed by atoms with E-state index in [1.807, 2.05) is 37.3 Å². The number of likely N-dealkylation sites (N-methyl/N-ethyl adjacent to an activating group) is 1. The van der Waals surface area contributed by atoms with Crippen molar-refractivity contribution in [2.24, 2.45) is 0 Å². The molecule has 0 aliphatic carbocycles. The third-order valence-electron chi connectivity index (χ3n) is 3.89. The van der Waals surface area contributed by atoms with Crippen molar-refractivity contribution in [2.75, 3.05) is 26.2 Å². The first-order chi connectivity index (χ1) is 10.7. The summed E-state index contributed by atoms with van der Waals surface area (Å²) in [5.41, 5.74) is 0.874. The fraction of sp³-hybridized carbons (Fsp3) is 0.529. The summed E-state index contributed by atoms with van der Waals surface area (Å²) in [6.07, 6.45) is 2.41. The Kier molecular flexibility index (Phi) is 8.66. The number of rotatable bonds is 7. The molecule has 2 N–H and O–H groups in total. The highest BCUT2D eigenvalue weighted by atomic mass is 35.5. The van der Waals surface area contributed by atoms with Crippen molar-refractivity contribution in [3.63, 3.8) is 0 Å². The SMILES string of the molecule is CCNCCNC(=O)C(c1ccccc1)N1CCCCC1=O.Cl. The molecule has 0 spiro atoms. The van der Waals surface area contributed by atoms with Gasteiger partial charge < -0.3 is 15.5 Å². The lowest BCUT2D eigenvalue weighted by molar-refractivity contribution is -0.142. The van der Waals surface area contributed by atoms with Gasteiger partial charge in [0.05, 0.1) is 0 Å². The number of nitrogens with zero attached hydrogens (tertiary/aromatic N) is 1. The molecule has 1 atom stereocenters. The average Bonchev–Trinajstić information content (AvgIpc) is 2.55. The fourth-order valence-electron chi connectivity index (χ4n) is 2.76. The molecular formula is C17H26ClN3O2. The molecule has 1 aromatic carbocycles. The number of amides is 2. The van der Waals surface area contributed by atoms with Gasteiger partial charge in [0, 0.05) is 26.1 Å². The monoisotopic (exact) mass is 339 g/mol. The fourth-order valence-corrected chi connectivity index (χ4v) is 2.76. The van der Waals surface area contributed by atoms with E-state index in [0.717, 1.165) is 31.5 Å². The topological polar surface area (TPSA) is 61.4 Å². The summed E-state index contributed by atoms with van der Waals surface area (Å²) in [7, 11) is 0. The first-order valence-corrected chi connectivity index (χ1v) is 8.07. The maximum atomic E-state index is 12.6. The number of benzene rings is 1. The second-order valence-corrected chi connectivity index (χ2v) is 5.50. The van der Waals surface area contributed by atoms with E-state index in [1.165, 1.54) is 0 Å². The molecule has 1 heterocycles. The van der Waals surface area contributed by atoms with E-state index in [-0.39, 0.29) is 24.2 Å². The highest BCUT2D eigenvalue weighted by Crippen LogP contribution is 2.25. The molecule has 1 unspecified atom stereocenters. The van der Waals surface area contributed by atoms with E-state index in [2.05, 4.69) is 10.6 Å². The molecular weight excluding hydrogens is 314 g/mol. The number of carbonyl (C=O) groups is 2. The van der Waals surface area contributed by atoms with Gasteiger partial charge in [0.1, 0.15) is 6.04 Å². The van der Waals surface area contributed by atoms with Crippen LogP contribution < -0.4 is 10.6 Å². The highest BCUT2D eigenvalue weighted by Gasteiger charge is 2.32. The molecule has 0 bridgehead atoms. The Bertz CT molecular complexity index is 496. The number of hydrogen-bond acceptors (Lipinski definition) is 3.